The Morgan fingerprint density at radius 3 is 2.79 bits per heavy atom. The lowest BCUT2D eigenvalue weighted by atomic mass is 10.2. The number of aliphatic hydroxyl groups is 3. The Kier molecular flexibility index (Phi) is 5.24. The molecule has 1 aromatic rings. The molecule has 1 fully saturated rings. The summed E-state index contributed by atoms with van der Waals surface area (Å²) in [5.74, 6) is -0.0996. The second-order valence-corrected chi connectivity index (χ2v) is 4.82. The minimum absolute atomic E-state index is 0.158. The number of ether oxygens (including phenoxy) is 1. The van der Waals surface area contributed by atoms with Crippen LogP contribution in [-0.2, 0) is 0 Å². The third-order valence-corrected chi connectivity index (χ3v) is 3.42. The molecule has 1 aromatic carbocycles. The van der Waals surface area contributed by atoms with Crippen LogP contribution in [0.25, 0.3) is 0 Å². The molecule has 4 nitrogen and oxygen atoms in total. The van der Waals surface area contributed by atoms with E-state index in [1.165, 1.54) is 6.07 Å². The van der Waals surface area contributed by atoms with Crippen LogP contribution in [0.3, 0.4) is 0 Å². The van der Waals surface area contributed by atoms with Crippen LogP contribution in [0, 0.1) is 5.82 Å². The fourth-order valence-electron chi connectivity index (χ4n) is 2.01. The van der Waals surface area contributed by atoms with Gasteiger partial charge in [0.1, 0.15) is 5.82 Å². The highest BCUT2D eigenvalue weighted by Gasteiger charge is 2.17. The van der Waals surface area contributed by atoms with Crippen molar-refractivity contribution in [2.75, 3.05) is 48.9 Å². The van der Waals surface area contributed by atoms with Crippen molar-refractivity contribution < 1.29 is 14.2 Å². The molecule has 0 aliphatic carbocycles. The zero-order valence-corrected chi connectivity index (χ0v) is 11.4. The van der Waals surface area contributed by atoms with Crippen LogP contribution in [-0.4, -0.2) is 54.7 Å². The zero-order chi connectivity index (χ0) is 13.7. The lowest BCUT2D eigenvalue weighted by Crippen LogP contribution is -2.38. The first-order valence-corrected chi connectivity index (χ1v) is 6.90. The molecule has 0 spiro atoms. The predicted octanol–water partition coefficient (Wildman–Crippen LogP) is 1.19. The number of morpholine rings is 1. The summed E-state index contributed by atoms with van der Waals surface area (Å²) in [6.07, 6.45) is -0.631. The summed E-state index contributed by atoms with van der Waals surface area (Å²) in [4.78, 5) is 2.00. The van der Waals surface area contributed by atoms with Crippen LogP contribution in [0.1, 0.15) is 0 Å². The number of alkyl halides is 1. The zero-order valence-electron chi connectivity index (χ0n) is 10.6. The van der Waals surface area contributed by atoms with Gasteiger partial charge in [0.2, 0.25) is 0 Å². The third kappa shape index (κ3) is 3.96. The first-order chi connectivity index (χ1) is 9.20. The van der Waals surface area contributed by atoms with Gasteiger partial charge in [0.15, 0.2) is 13.2 Å². The lowest BCUT2D eigenvalue weighted by Gasteiger charge is -2.27. The van der Waals surface area contributed by atoms with Gasteiger partial charge in [0, 0.05) is 12.2 Å². The molecule has 6 heteroatoms. The predicted molar refractivity (Wildman–Crippen MR) is 75.8 cm³/mol. The Hall–Kier alpha value is -1.04. The summed E-state index contributed by atoms with van der Waals surface area (Å²) < 4.78 is 18.3. The maximum Gasteiger partial charge on any atom is 0.162 e. The van der Waals surface area contributed by atoms with Crippen LogP contribution < -0.4 is 10.2 Å². The molecule has 0 saturated carbocycles. The van der Waals surface area contributed by atoms with Crippen LogP contribution in [0.4, 0.5) is 15.8 Å². The van der Waals surface area contributed by atoms with Gasteiger partial charge in [0.05, 0.1) is 30.8 Å². The Labute approximate surface area is 117 Å². The van der Waals surface area contributed by atoms with Crippen molar-refractivity contribution in [3.63, 3.8) is 0 Å². The topological polar surface area (TPSA) is 48.3 Å². The van der Waals surface area contributed by atoms with Crippen molar-refractivity contribution in [3.8, 4) is 0 Å². The van der Waals surface area contributed by atoms with E-state index in [4.69, 9.17) is 11.6 Å². The van der Waals surface area contributed by atoms with E-state index in [-0.39, 0.29) is 11.7 Å². The molecule has 0 aromatic heterocycles. The van der Waals surface area contributed by atoms with Crippen molar-refractivity contribution in [1.82, 2.24) is 0 Å². The van der Waals surface area contributed by atoms with E-state index >= 15 is 0 Å². The fraction of sp³-hybridized carbons (Fsp3) is 0.538. The average molecular weight is 290 g/mol. The number of nitrogens with zero attached hydrogens (tertiary/aromatic N) is 1. The number of nitrogens with one attached hydrogen (secondary N) is 1. The molecular formula is C13H19ClFN2O2+. The maximum absolute atomic E-state index is 14.0. The van der Waals surface area contributed by atoms with Gasteiger partial charge >= 0.3 is 0 Å². The quantitative estimate of drug-likeness (QED) is 0.632. The molecule has 19 heavy (non-hydrogen) atoms. The van der Waals surface area contributed by atoms with Gasteiger partial charge in [0.25, 0.3) is 0 Å². The first kappa shape index (κ1) is 14.4. The molecule has 1 heterocycles. The molecule has 2 rings (SSSR count). The SMILES string of the molecule is O[C@@H](CCl)CNc1ccc(N2CC[OH+]CC2)c(F)c1. The number of benzene rings is 1. The van der Waals surface area contributed by atoms with E-state index in [0.717, 1.165) is 26.3 Å². The van der Waals surface area contributed by atoms with Gasteiger partial charge in [-0.1, -0.05) is 0 Å². The summed E-state index contributed by atoms with van der Waals surface area (Å²) in [5, 5.41) is 12.3. The Morgan fingerprint density at radius 1 is 1.42 bits per heavy atom. The van der Waals surface area contributed by atoms with Gasteiger partial charge in [-0.05, 0) is 18.2 Å². The number of anilines is 2. The summed E-state index contributed by atoms with van der Waals surface area (Å²) in [6.45, 7) is 3.33. The average Bonchev–Trinajstić information content (AvgIpc) is 2.45. The summed E-state index contributed by atoms with van der Waals surface area (Å²) >= 11 is 5.50. The van der Waals surface area contributed by atoms with Gasteiger partial charge in [-0.2, -0.15) is 0 Å². The smallest absolute Gasteiger partial charge is 0.162 e. The number of hydrogen-bond acceptors (Lipinski definition) is 3. The number of aliphatic hydroxyl groups excluding tert-OH is 1. The highest BCUT2D eigenvalue weighted by molar-refractivity contribution is 6.18. The third-order valence-electron chi connectivity index (χ3n) is 3.06. The Bertz CT molecular complexity index is 414. The number of rotatable bonds is 5. The van der Waals surface area contributed by atoms with Crippen LogP contribution in [0.2, 0.25) is 0 Å². The van der Waals surface area contributed by atoms with Crippen LogP contribution >= 0.6 is 11.6 Å². The molecule has 0 radical (unpaired) electrons. The minimum atomic E-state index is -0.631. The largest absolute Gasteiger partial charge is 0.431 e. The van der Waals surface area contributed by atoms with Crippen LogP contribution in [0.15, 0.2) is 18.2 Å². The molecular weight excluding hydrogens is 271 g/mol. The van der Waals surface area contributed by atoms with Crippen molar-refractivity contribution in [2.45, 2.75) is 6.10 Å². The molecule has 1 saturated heterocycles. The Balaban J connectivity index is 2.00. The van der Waals surface area contributed by atoms with E-state index in [9.17, 15) is 9.50 Å². The minimum Gasteiger partial charge on any atom is -0.431 e. The normalized spacial score (nSPS) is 17.3. The number of halogens is 2. The summed E-state index contributed by atoms with van der Waals surface area (Å²) in [6, 6.07) is 5.02. The first-order valence-electron chi connectivity index (χ1n) is 6.36. The summed E-state index contributed by atoms with van der Waals surface area (Å²) in [5.41, 5.74) is 1.26. The molecule has 1 aliphatic heterocycles. The van der Waals surface area contributed by atoms with Gasteiger partial charge in [-0.25, -0.2) is 4.39 Å². The van der Waals surface area contributed by atoms with E-state index in [1.807, 2.05) is 11.0 Å². The second-order valence-electron chi connectivity index (χ2n) is 4.51. The van der Waals surface area contributed by atoms with Gasteiger partial charge < -0.3 is 20.1 Å². The molecule has 0 amide bonds. The van der Waals surface area contributed by atoms with Crippen molar-refractivity contribution in [3.05, 3.63) is 24.0 Å². The van der Waals surface area contributed by atoms with Crippen molar-refractivity contribution in [2.24, 2.45) is 0 Å². The maximum atomic E-state index is 14.0. The van der Waals surface area contributed by atoms with Crippen LogP contribution in [0.5, 0.6) is 0 Å². The summed E-state index contributed by atoms with van der Waals surface area (Å²) in [7, 11) is 0. The van der Waals surface area contributed by atoms with E-state index in [1.54, 1.807) is 6.07 Å². The molecule has 0 unspecified atom stereocenters. The lowest BCUT2D eigenvalue weighted by molar-refractivity contribution is -0.0438. The highest BCUT2D eigenvalue weighted by Crippen LogP contribution is 2.23. The van der Waals surface area contributed by atoms with E-state index in [0.29, 0.717) is 17.9 Å². The molecule has 3 N–H and O–H groups in total. The second kappa shape index (κ2) is 6.93. The molecule has 1 aliphatic rings. The Morgan fingerprint density at radius 2 is 2.16 bits per heavy atom. The van der Waals surface area contributed by atoms with Gasteiger partial charge in [-0.3, -0.25) is 0 Å². The molecule has 106 valence electrons. The molecule has 1 atom stereocenters. The van der Waals surface area contributed by atoms with Crippen molar-refractivity contribution in [1.29, 1.82) is 0 Å². The van der Waals surface area contributed by atoms with E-state index in [2.05, 4.69) is 10.1 Å². The van der Waals surface area contributed by atoms with Gasteiger partial charge in [-0.15, -0.1) is 11.6 Å². The van der Waals surface area contributed by atoms with Crippen molar-refractivity contribution >= 4 is 23.0 Å². The fourth-order valence-corrected chi connectivity index (χ4v) is 2.12. The van der Waals surface area contributed by atoms with E-state index < -0.39 is 6.10 Å². The highest BCUT2D eigenvalue weighted by atomic mass is 35.5. The molecule has 0 bridgehead atoms. The monoisotopic (exact) mass is 289 g/mol. The standard InChI is InChI=1S/C13H18ClFN2O2/c14-8-11(18)9-16-10-1-2-13(12(15)7-10)17-3-5-19-6-4-17/h1-2,7,11,16,18H,3-6,8-9H2/p+1/t11-/m0/s1. The number of hydrogen-bond donors (Lipinski definition) is 2.